The summed E-state index contributed by atoms with van der Waals surface area (Å²) in [5, 5.41) is 9.09. The van der Waals surface area contributed by atoms with Crippen molar-refractivity contribution in [1.82, 2.24) is 9.80 Å². The van der Waals surface area contributed by atoms with Gasteiger partial charge in [0.1, 0.15) is 0 Å². The maximum absolute atomic E-state index is 11.1. The third-order valence-corrected chi connectivity index (χ3v) is 4.37. The Kier molecular flexibility index (Phi) is 5.61. The highest BCUT2D eigenvalue weighted by Gasteiger charge is 2.23. The van der Waals surface area contributed by atoms with Crippen molar-refractivity contribution in [3.63, 3.8) is 0 Å². The molecule has 1 N–H and O–H groups in total. The van der Waals surface area contributed by atoms with E-state index in [1.165, 1.54) is 0 Å². The van der Waals surface area contributed by atoms with Gasteiger partial charge >= 0.3 is 5.97 Å². The highest BCUT2D eigenvalue weighted by molar-refractivity contribution is 5.87. The summed E-state index contributed by atoms with van der Waals surface area (Å²) < 4.78 is 11.3. The summed E-state index contributed by atoms with van der Waals surface area (Å²) in [6, 6.07) is 7.19. The highest BCUT2D eigenvalue weighted by atomic mass is 16.5. The molecule has 3 rings (SSSR count). The van der Waals surface area contributed by atoms with Crippen LogP contribution in [0.2, 0.25) is 0 Å². The standard InChI is InChI=1S/C17H24N2O4/c20-17(21)15-3-1-2-14(10-15)11-19-6-9-23-16(13-19)12-18-4-7-22-8-5-18/h1-3,10,16H,4-9,11-13H2,(H,20,21). The van der Waals surface area contributed by atoms with Crippen LogP contribution in [0.25, 0.3) is 0 Å². The molecule has 1 atom stereocenters. The van der Waals surface area contributed by atoms with E-state index in [-0.39, 0.29) is 6.10 Å². The lowest BCUT2D eigenvalue weighted by Gasteiger charge is -2.36. The zero-order valence-corrected chi connectivity index (χ0v) is 13.3. The van der Waals surface area contributed by atoms with Crippen molar-refractivity contribution in [3.8, 4) is 0 Å². The zero-order chi connectivity index (χ0) is 16.1. The third-order valence-electron chi connectivity index (χ3n) is 4.37. The molecule has 2 aliphatic heterocycles. The summed E-state index contributed by atoms with van der Waals surface area (Å²) in [6.45, 7) is 7.76. The van der Waals surface area contributed by atoms with E-state index in [0.29, 0.717) is 5.56 Å². The molecule has 2 aliphatic rings. The molecule has 0 bridgehead atoms. The van der Waals surface area contributed by atoms with E-state index in [9.17, 15) is 4.79 Å². The molecule has 2 fully saturated rings. The number of rotatable bonds is 5. The quantitative estimate of drug-likeness (QED) is 0.870. The largest absolute Gasteiger partial charge is 0.478 e. The fourth-order valence-corrected chi connectivity index (χ4v) is 3.17. The Morgan fingerprint density at radius 1 is 1.17 bits per heavy atom. The van der Waals surface area contributed by atoms with Crippen LogP contribution in [0.3, 0.4) is 0 Å². The van der Waals surface area contributed by atoms with Crippen molar-refractivity contribution in [2.45, 2.75) is 12.6 Å². The van der Waals surface area contributed by atoms with Crippen LogP contribution in [0.1, 0.15) is 15.9 Å². The number of aromatic carboxylic acids is 1. The number of morpholine rings is 2. The molecule has 1 aromatic rings. The van der Waals surface area contributed by atoms with Gasteiger partial charge in [-0.1, -0.05) is 12.1 Å². The monoisotopic (exact) mass is 320 g/mol. The number of hydrogen-bond donors (Lipinski definition) is 1. The number of ether oxygens (including phenoxy) is 2. The molecule has 0 radical (unpaired) electrons. The number of carboxylic acid groups (broad SMARTS) is 1. The van der Waals surface area contributed by atoms with Gasteiger partial charge in [0, 0.05) is 39.3 Å². The van der Waals surface area contributed by atoms with Crippen molar-refractivity contribution in [2.75, 3.05) is 52.5 Å². The van der Waals surface area contributed by atoms with E-state index in [1.807, 2.05) is 12.1 Å². The first kappa shape index (κ1) is 16.4. The summed E-state index contributed by atoms with van der Waals surface area (Å²) in [6.07, 6.45) is 0.213. The second-order valence-electron chi connectivity index (χ2n) is 6.15. The molecule has 0 saturated carbocycles. The van der Waals surface area contributed by atoms with Gasteiger partial charge in [0.05, 0.1) is 31.5 Å². The molecule has 2 heterocycles. The van der Waals surface area contributed by atoms with E-state index in [2.05, 4.69) is 9.80 Å². The molecule has 126 valence electrons. The molecule has 1 aromatic carbocycles. The average molecular weight is 320 g/mol. The topological polar surface area (TPSA) is 62.2 Å². The number of hydrogen-bond acceptors (Lipinski definition) is 5. The van der Waals surface area contributed by atoms with Crippen LogP contribution >= 0.6 is 0 Å². The zero-order valence-electron chi connectivity index (χ0n) is 13.3. The minimum absolute atomic E-state index is 0.213. The lowest BCUT2D eigenvalue weighted by atomic mass is 10.1. The lowest BCUT2D eigenvalue weighted by Crippen LogP contribution is -2.49. The van der Waals surface area contributed by atoms with Gasteiger partial charge in [-0.05, 0) is 17.7 Å². The van der Waals surface area contributed by atoms with Crippen molar-refractivity contribution in [3.05, 3.63) is 35.4 Å². The van der Waals surface area contributed by atoms with Gasteiger partial charge in [-0.2, -0.15) is 0 Å². The first-order valence-corrected chi connectivity index (χ1v) is 8.17. The predicted molar refractivity (Wildman–Crippen MR) is 85.7 cm³/mol. The smallest absolute Gasteiger partial charge is 0.335 e. The van der Waals surface area contributed by atoms with E-state index in [1.54, 1.807) is 12.1 Å². The van der Waals surface area contributed by atoms with Crippen LogP contribution < -0.4 is 0 Å². The second kappa shape index (κ2) is 7.88. The number of nitrogens with zero attached hydrogens (tertiary/aromatic N) is 2. The first-order valence-electron chi connectivity index (χ1n) is 8.17. The average Bonchev–Trinajstić information content (AvgIpc) is 2.56. The number of benzene rings is 1. The Hall–Kier alpha value is -1.47. The van der Waals surface area contributed by atoms with Gasteiger partial charge in [-0.15, -0.1) is 0 Å². The van der Waals surface area contributed by atoms with E-state index >= 15 is 0 Å². The Balaban J connectivity index is 1.53. The van der Waals surface area contributed by atoms with Crippen LogP contribution in [0.5, 0.6) is 0 Å². The molecule has 0 aliphatic carbocycles. The maximum atomic E-state index is 11.1. The van der Waals surface area contributed by atoms with Crippen molar-refractivity contribution < 1.29 is 19.4 Å². The summed E-state index contributed by atoms with van der Waals surface area (Å²) in [4.78, 5) is 15.8. The number of carboxylic acids is 1. The summed E-state index contributed by atoms with van der Waals surface area (Å²) in [7, 11) is 0. The second-order valence-corrected chi connectivity index (χ2v) is 6.15. The van der Waals surface area contributed by atoms with Crippen LogP contribution in [-0.2, 0) is 16.0 Å². The SMILES string of the molecule is O=C(O)c1cccc(CN2CCOC(CN3CCOCC3)C2)c1. The molecule has 0 amide bonds. The molecule has 6 heteroatoms. The minimum atomic E-state index is -0.876. The normalized spacial score (nSPS) is 23.7. The van der Waals surface area contributed by atoms with Gasteiger partial charge in [0.15, 0.2) is 0 Å². The fraction of sp³-hybridized carbons (Fsp3) is 0.588. The van der Waals surface area contributed by atoms with E-state index < -0.39 is 5.97 Å². The van der Waals surface area contributed by atoms with Crippen molar-refractivity contribution in [2.24, 2.45) is 0 Å². The molecule has 1 unspecified atom stereocenters. The minimum Gasteiger partial charge on any atom is -0.478 e. The lowest BCUT2D eigenvalue weighted by molar-refractivity contribution is -0.0589. The van der Waals surface area contributed by atoms with Crippen LogP contribution in [0, 0.1) is 0 Å². The molecule has 23 heavy (non-hydrogen) atoms. The Labute approximate surface area is 136 Å². The van der Waals surface area contributed by atoms with E-state index in [0.717, 1.165) is 64.7 Å². The predicted octanol–water partition coefficient (Wildman–Crippen LogP) is 0.918. The molecule has 2 saturated heterocycles. The van der Waals surface area contributed by atoms with Gasteiger partial charge < -0.3 is 14.6 Å². The Bertz CT molecular complexity index is 531. The molecular formula is C17H24N2O4. The van der Waals surface area contributed by atoms with Gasteiger partial charge in [0.2, 0.25) is 0 Å². The fourth-order valence-electron chi connectivity index (χ4n) is 3.17. The highest BCUT2D eigenvalue weighted by Crippen LogP contribution is 2.13. The van der Waals surface area contributed by atoms with Crippen molar-refractivity contribution in [1.29, 1.82) is 0 Å². The first-order chi connectivity index (χ1) is 11.2. The molecule has 0 aromatic heterocycles. The summed E-state index contributed by atoms with van der Waals surface area (Å²) in [5.74, 6) is -0.876. The maximum Gasteiger partial charge on any atom is 0.335 e. The van der Waals surface area contributed by atoms with E-state index in [4.69, 9.17) is 14.6 Å². The molecule has 6 nitrogen and oxygen atoms in total. The Morgan fingerprint density at radius 3 is 2.74 bits per heavy atom. The summed E-state index contributed by atoms with van der Waals surface area (Å²) >= 11 is 0. The van der Waals surface area contributed by atoms with Gasteiger partial charge in [-0.3, -0.25) is 9.80 Å². The Morgan fingerprint density at radius 2 is 1.96 bits per heavy atom. The van der Waals surface area contributed by atoms with Gasteiger partial charge in [0.25, 0.3) is 0 Å². The van der Waals surface area contributed by atoms with Crippen LogP contribution in [-0.4, -0.2) is 79.5 Å². The van der Waals surface area contributed by atoms with Gasteiger partial charge in [-0.25, -0.2) is 4.79 Å². The number of carbonyl (C=O) groups is 1. The molecular weight excluding hydrogens is 296 g/mol. The summed E-state index contributed by atoms with van der Waals surface area (Å²) in [5.41, 5.74) is 1.39. The van der Waals surface area contributed by atoms with Crippen molar-refractivity contribution >= 4 is 5.97 Å². The molecule has 0 spiro atoms. The van der Waals surface area contributed by atoms with Crippen LogP contribution in [0.15, 0.2) is 24.3 Å². The third kappa shape index (κ3) is 4.75. The van der Waals surface area contributed by atoms with Crippen LogP contribution in [0.4, 0.5) is 0 Å².